The Balaban J connectivity index is 1.41. The van der Waals surface area contributed by atoms with Crippen molar-refractivity contribution < 1.29 is 32.2 Å². The molecule has 0 aliphatic carbocycles. The van der Waals surface area contributed by atoms with E-state index in [1.807, 2.05) is 0 Å². The summed E-state index contributed by atoms with van der Waals surface area (Å²) in [6.07, 6.45) is -0.515. The summed E-state index contributed by atoms with van der Waals surface area (Å²) in [6, 6.07) is 7.32. The first-order valence-electron chi connectivity index (χ1n) is 13.8. The highest BCUT2D eigenvalue weighted by atomic mass is 19.4. The van der Waals surface area contributed by atoms with Gasteiger partial charge in [-0.05, 0) is 37.1 Å². The van der Waals surface area contributed by atoms with Crippen molar-refractivity contribution in [3.63, 3.8) is 0 Å². The number of hydrogen-bond donors (Lipinski definition) is 4. The number of carbonyl (C=O) groups is 2. The molecule has 0 radical (unpaired) electrons. The number of alkyl halides is 3. The van der Waals surface area contributed by atoms with Gasteiger partial charge in [0.25, 0.3) is 5.91 Å². The van der Waals surface area contributed by atoms with Gasteiger partial charge in [-0.2, -0.15) is 13.2 Å². The third kappa shape index (κ3) is 8.48. The zero-order chi connectivity index (χ0) is 31.7. The van der Waals surface area contributed by atoms with Crippen LogP contribution in [-0.4, -0.2) is 83.4 Å². The number of hydrogen-bond acceptors (Lipinski definition) is 10. The van der Waals surface area contributed by atoms with Gasteiger partial charge in [-0.25, -0.2) is 15.0 Å². The minimum Gasteiger partial charge on any atom is -0.383 e. The first-order valence-corrected chi connectivity index (χ1v) is 13.8. The predicted molar refractivity (Wildman–Crippen MR) is 157 cm³/mol. The standard InChI is InChI=1S/C29H33F3N8O4/c1-43-13-14-44-12-9-23(41)40-11-2-3-21(16-40)38-27-24(26(34)36-17-37-27)25(33)18-4-6-19(7-5-18)28(42)39-22-15-20(8-10-35-22)29(30,31)32/h4-8,10,15,17,21,33H,2-3,9,11-14,16H2,1H3,(H,35,39,42)(H3,34,36,37,38)/t21-/m1/s1. The van der Waals surface area contributed by atoms with Crippen LogP contribution in [0.25, 0.3) is 0 Å². The first kappa shape index (κ1) is 32.3. The molecule has 1 atom stereocenters. The van der Waals surface area contributed by atoms with E-state index in [0.717, 1.165) is 31.2 Å². The molecule has 1 aromatic carbocycles. The van der Waals surface area contributed by atoms with Crippen LogP contribution in [0.5, 0.6) is 0 Å². The number of amides is 2. The molecule has 1 aliphatic heterocycles. The number of nitrogens with one attached hydrogen (secondary N) is 3. The topological polar surface area (TPSA) is 168 Å². The van der Waals surface area contributed by atoms with Crippen LogP contribution >= 0.6 is 0 Å². The average molecular weight is 615 g/mol. The molecular formula is C29H33F3N8O4. The van der Waals surface area contributed by atoms with E-state index in [1.54, 1.807) is 12.0 Å². The van der Waals surface area contributed by atoms with E-state index in [1.165, 1.54) is 30.6 Å². The molecule has 3 heterocycles. The number of likely N-dealkylation sites (tertiary alicyclic amines) is 1. The van der Waals surface area contributed by atoms with Crippen LogP contribution in [0.4, 0.5) is 30.6 Å². The van der Waals surface area contributed by atoms with Crippen LogP contribution in [0.1, 0.15) is 46.3 Å². The molecule has 234 valence electrons. The number of benzene rings is 1. The van der Waals surface area contributed by atoms with Gasteiger partial charge in [0.2, 0.25) is 5.91 Å². The van der Waals surface area contributed by atoms with Crippen LogP contribution < -0.4 is 16.4 Å². The fraction of sp³-hybridized carbons (Fsp3) is 0.379. The van der Waals surface area contributed by atoms with Gasteiger partial charge >= 0.3 is 6.18 Å². The molecule has 0 unspecified atom stereocenters. The number of nitrogens with zero attached hydrogens (tertiary/aromatic N) is 4. The highest BCUT2D eigenvalue weighted by Crippen LogP contribution is 2.30. The molecule has 15 heteroatoms. The molecule has 2 aromatic heterocycles. The van der Waals surface area contributed by atoms with E-state index in [0.29, 0.717) is 44.3 Å². The Kier molecular flexibility index (Phi) is 10.8. The van der Waals surface area contributed by atoms with Gasteiger partial charge in [0, 0.05) is 43.6 Å². The lowest BCUT2D eigenvalue weighted by Crippen LogP contribution is -2.45. The quantitative estimate of drug-likeness (QED) is 0.176. The van der Waals surface area contributed by atoms with Gasteiger partial charge in [-0.1, -0.05) is 12.1 Å². The van der Waals surface area contributed by atoms with E-state index < -0.39 is 17.6 Å². The summed E-state index contributed by atoms with van der Waals surface area (Å²) in [6.45, 7) is 2.27. The Hall–Kier alpha value is -4.63. The number of nitrogens with two attached hydrogens (primary N) is 1. The Morgan fingerprint density at radius 3 is 2.57 bits per heavy atom. The summed E-state index contributed by atoms with van der Waals surface area (Å²) in [7, 11) is 1.58. The van der Waals surface area contributed by atoms with E-state index in [4.69, 9.17) is 20.6 Å². The molecule has 1 saturated heterocycles. The van der Waals surface area contributed by atoms with Crippen molar-refractivity contribution in [2.75, 3.05) is 56.4 Å². The Bertz CT molecular complexity index is 1470. The maximum absolute atomic E-state index is 13.0. The van der Waals surface area contributed by atoms with E-state index in [9.17, 15) is 22.8 Å². The highest BCUT2D eigenvalue weighted by Gasteiger charge is 2.31. The normalized spacial score (nSPS) is 15.1. The molecule has 44 heavy (non-hydrogen) atoms. The Morgan fingerprint density at radius 2 is 1.84 bits per heavy atom. The number of aromatic nitrogens is 3. The largest absolute Gasteiger partial charge is 0.416 e. The molecule has 1 aliphatic rings. The third-order valence-corrected chi connectivity index (χ3v) is 6.90. The Labute approximate surface area is 251 Å². The van der Waals surface area contributed by atoms with Crippen LogP contribution in [-0.2, 0) is 20.4 Å². The highest BCUT2D eigenvalue weighted by molar-refractivity contribution is 6.16. The van der Waals surface area contributed by atoms with Gasteiger partial charge in [-0.3, -0.25) is 15.0 Å². The molecule has 12 nitrogen and oxygen atoms in total. The number of halogens is 3. The lowest BCUT2D eigenvalue weighted by Gasteiger charge is -2.34. The fourth-order valence-electron chi connectivity index (χ4n) is 4.63. The molecule has 4 rings (SSSR count). The first-order chi connectivity index (χ1) is 21.1. The van der Waals surface area contributed by atoms with Gasteiger partial charge < -0.3 is 30.7 Å². The second-order valence-electron chi connectivity index (χ2n) is 9.99. The number of pyridine rings is 1. The zero-order valence-electron chi connectivity index (χ0n) is 24.0. The summed E-state index contributed by atoms with van der Waals surface area (Å²) >= 11 is 0. The number of methoxy groups -OCH3 is 1. The SMILES string of the molecule is COCCOCCC(=O)N1CCC[C@@H](Nc2ncnc(N)c2C(=N)c2ccc(C(=O)Nc3cc(C(F)(F)F)ccn3)cc2)C1. The number of anilines is 3. The smallest absolute Gasteiger partial charge is 0.383 e. The molecule has 3 aromatic rings. The van der Waals surface area contributed by atoms with Crippen molar-refractivity contribution in [3.05, 3.63) is 71.2 Å². The van der Waals surface area contributed by atoms with Crippen molar-refractivity contribution in [2.24, 2.45) is 0 Å². The molecule has 0 bridgehead atoms. The zero-order valence-corrected chi connectivity index (χ0v) is 24.0. The van der Waals surface area contributed by atoms with E-state index in [-0.39, 0.29) is 46.8 Å². The number of nitrogen functional groups attached to an aromatic ring is 1. The van der Waals surface area contributed by atoms with Crippen molar-refractivity contribution in [1.29, 1.82) is 5.41 Å². The van der Waals surface area contributed by atoms with Crippen LogP contribution in [0, 0.1) is 5.41 Å². The number of rotatable bonds is 12. The number of ether oxygens (including phenoxy) is 2. The summed E-state index contributed by atoms with van der Waals surface area (Å²) in [5, 5.41) is 14.5. The van der Waals surface area contributed by atoms with Crippen LogP contribution in [0.15, 0.2) is 48.9 Å². The van der Waals surface area contributed by atoms with Crippen LogP contribution in [0.2, 0.25) is 0 Å². The Morgan fingerprint density at radius 1 is 1.09 bits per heavy atom. The van der Waals surface area contributed by atoms with Crippen molar-refractivity contribution in [2.45, 2.75) is 31.5 Å². The second kappa shape index (κ2) is 14.7. The van der Waals surface area contributed by atoms with Crippen molar-refractivity contribution in [1.82, 2.24) is 19.9 Å². The minimum atomic E-state index is -4.57. The lowest BCUT2D eigenvalue weighted by atomic mass is 10.0. The van der Waals surface area contributed by atoms with Gasteiger partial charge in [0.05, 0.1) is 43.1 Å². The van der Waals surface area contributed by atoms with Gasteiger partial charge in [0.15, 0.2) is 0 Å². The monoisotopic (exact) mass is 614 g/mol. The van der Waals surface area contributed by atoms with Gasteiger partial charge in [0.1, 0.15) is 23.8 Å². The third-order valence-electron chi connectivity index (χ3n) is 6.90. The predicted octanol–water partition coefficient (Wildman–Crippen LogP) is 3.60. The molecule has 5 N–H and O–H groups in total. The average Bonchev–Trinajstić information content (AvgIpc) is 3.00. The summed E-state index contributed by atoms with van der Waals surface area (Å²) < 4.78 is 49.3. The van der Waals surface area contributed by atoms with Crippen molar-refractivity contribution in [3.8, 4) is 0 Å². The number of piperidine rings is 1. The molecule has 0 saturated carbocycles. The summed E-state index contributed by atoms with van der Waals surface area (Å²) in [5.41, 5.74) is 6.03. The van der Waals surface area contributed by atoms with Crippen LogP contribution in [0.3, 0.4) is 0 Å². The minimum absolute atomic E-state index is 0.00551. The maximum atomic E-state index is 13.0. The molecule has 2 amide bonds. The molecular weight excluding hydrogens is 581 g/mol. The van der Waals surface area contributed by atoms with Crippen molar-refractivity contribution >= 4 is 35.0 Å². The van der Waals surface area contributed by atoms with Gasteiger partial charge in [-0.15, -0.1) is 0 Å². The second-order valence-corrected chi connectivity index (χ2v) is 9.99. The van der Waals surface area contributed by atoms with E-state index in [2.05, 4.69) is 25.6 Å². The summed E-state index contributed by atoms with van der Waals surface area (Å²) in [4.78, 5) is 39.3. The lowest BCUT2D eigenvalue weighted by molar-refractivity contribution is -0.137. The fourth-order valence-corrected chi connectivity index (χ4v) is 4.63. The molecule has 0 spiro atoms. The summed E-state index contributed by atoms with van der Waals surface area (Å²) in [5.74, 6) is -0.524. The number of carbonyl (C=O) groups excluding carboxylic acids is 2. The van der Waals surface area contributed by atoms with E-state index >= 15 is 0 Å². The maximum Gasteiger partial charge on any atom is 0.416 e. The molecule has 1 fully saturated rings.